The predicted octanol–water partition coefficient (Wildman–Crippen LogP) is 5.23. The van der Waals surface area contributed by atoms with Crippen LogP contribution in [0.3, 0.4) is 0 Å². The summed E-state index contributed by atoms with van der Waals surface area (Å²) in [6.45, 7) is 5.59. The van der Waals surface area contributed by atoms with Gasteiger partial charge in [0, 0.05) is 53.5 Å². The number of methoxy groups -OCH3 is 2. The fourth-order valence-corrected chi connectivity index (χ4v) is 4.88. The monoisotopic (exact) mass is 487 g/mol. The van der Waals surface area contributed by atoms with Gasteiger partial charge in [0.05, 0.1) is 19.7 Å². The average molecular weight is 488 g/mol. The highest BCUT2D eigenvalue weighted by molar-refractivity contribution is 6.08. The number of ether oxygens (including phenoxy) is 3. The Morgan fingerprint density at radius 3 is 2.47 bits per heavy atom. The Bertz CT molecular complexity index is 1380. The van der Waals surface area contributed by atoms with E-state index >= 15 is 0 Å². The van der Waals surface area contributed by atoms with Gasteiger partial charge in [-0.3, -0.25) is 9.78 Å². The lowest BCUT2D eigenvalue weighted by atomic mass is 9.77. The Kier molecular flexibility index (Phi) is 5.82. The molecule has 3 aromatic rings. The zero-order valence-corrected chi connectivity index (χ0v) is 21.0. The van der Waals surface area contributed by atoms with E-state index in [9.17, 15) is 9.59 Å². The minimum Gasteiger partial charge on any atom is -0.497 e. The van der Waals surface area contributed by atoms with Crippen molar-refractivity contribution in [2.75, 3.05) is 26.1 Å². The summed E-state index contributed by atoms with van der Waals surface area (Å²) in [6.07, 6.45) is 1.59. The number of hydrogen-bond donors (Lipinski definition) is 1. The van der Waals surface area contributed by atoms with Gasteiger partial charge in [0.15, 0.2) is 0 Å². The summed E-state index contributed by atoms with van der Waals surface area (Å²) >= 11 is 0. The van der Waals surface area contributed by atoms with Gasteiger partial charge < -0.3 is 19.5 Å². The average Bonchev–Trinajstić information content (AvgIpc) is 2.86. The highest BCUT2D eigenvalue weighted by Crippen LogP contribution is 2.48. The second-order valence-electron chi connectivity index (χ2n) is 9.88. The molecule has 8 heteroatoms. The Morgan fingerprint density at radius 1 is 1.08 bits per heavy atom. The second-order valence-corrected chi connectivity index (χ2v) is 9.88. The first-order valence-electron chi connectivity index (χ1n) is 11.9. The smallest absolute Gasteiger partial charge is 0.417 e. The van der Waals surface area contributed by atoms with Crippen molar-refractivity contribution in [3.63, 3.8) is 0 Å². The first kappa shape index (κ1) is 23.7. The van der Waals surface area contributed by atoms with E-state index in [0.717, 1.165) is 33.4 Å². The zero-order chi connectivity index (χ0) is 25.6. The summed E-state index contributed by atoms with van der Waals surface area (Å²) in [5.41, 5.74) is 4.03. The van der Waals surface area contributed by atoms with Crippen molar-refractivity contribution in [3.8, 4) is 11.5 Å². The summed E-state index contributed by atoms with van der Waals surface area (Å²) in [4.78, 5) is 32.7. The van der Waals surface area contributed by atoms with Crippen molar-refractivity contribution < 1.29 is 23.8 Å². The molecule has 36 heavy (non-hydrogen) atoms. The third-order valence-corrected chi connectivity index (χ3v) is 6.40. The molecule has 2 aromatic carbocycles. The molecule has 0 spiro atoms. The number of fused-ring (bicyclic) bond motifs is 3. The first-order valence-corrected chi connectivity index (χ1v) is 11.9. The highest BCUT2D eigenvalue weighted by atomic mass is 16.6. The minimum atomic E-state index is -0.717. The molecular formula is C28H29N3O5. The van der Waals surface area contributed by atoms with Crippen LogP contribution < -0.4 is 14.8 Å². The quantitative estimate of drug-likeness (QED) is 0.541. The molecule has 186 valence electrons. The van der Waals surface area contributed by atoms with E-state index in [4.69, 9.17) is 14.2 Å². The molecule has 5 rings (SSSR count). The lowest BCUT2D eigenvalue weighted by Gasteiger charge is -2.38. The Labute approximate surface area is 209 Å². The van der Waals surface area contributed by atoms with Crippen LogP contribution in [0.2, 0.25) is 0 Å². The molecule has 0 fully saturated rings. The molecule has 0 saturated heterocycles. The predicted molar refractivity (Wildman–Crippen MR) is 136 cm³/mol. The standard InChI is InChI=1S/C28H29N3O5/c1-28(2,3)36-27(33)31-12-10-22-25(26(31)32)23(16-13-17(34-4)15-18(14-16)35-5)24-19-7-6-11-29-20(19)8-9-21(24)30-22/h6-9,11,13-15,23,30H,10,12H2,1-5H3. The van der Waals surface area contributed by atoms with Gasteiger partial charge in [-0.1, -0.05) is 6.07 Å². The van der Waals surface area contributed by atoms with Crippen LogP contribution in [0, 0.1) is 0 Å². The van der Waals surface area contributed by atoms with Gasteiger partial charge in [0.2, 0.25) is 0 Å². The molecule has 0 bridgehead atoms. The third-order valence-electron chi connectivity index (χ3n) is 6.40. The van der Waals surface area contributed by atoms with E-state index in [1.807, 2.05) is 36.4 Å². The van der Waals surface area contributed by atoms with E-state index in [2.05, 4.69) is 10.3 Å². The maximum absolute atomic E-state index is 14.0. The van der Waals surface area contributed by atoms with Crippen molar-refractivity contribution in [1.29, 1.82) is 0 Å². The van der Waals surface area contributed by atoms with Gasteiger partial charge in [0.25, 0.3) is 5.91 Å². The number of carbonyl (C=O) groups is 2. The van der Waals surface area contributed by atoms with Crippen molar-refractivity contribution >= 4 is 28.6 Å². The summed E-state index contributed by atoms with van der Waals surface area (Å²) < 4.78 is 16.6. The molecule has 2 aliphatic rings. The van der Waals surface area contributed by atoms with Crippen LogP contribution in [0.5, 0.6) is 11.5 Å². The lowest BCUT2D eigenvalue weighted by molar-refractivity contribution is -0.127. The zero-order valence-electron chi connectivity index (χ0n) is 21.0. The van der Waals surface area contributed by atoms with E-state index < -0.39 is 17.6 Å². The Morgan fingerprint density at radius 2 is 1.81 bits per heavy atom. The van der Waals surface area contributed by atoms with E-state index in [1.54, 1.807) is 47.3 Å². The second kappa shape index (κ2) is 8.86. The number of nitrogens with zero attached hydrogens (tertiary/aromatic N) is 2. The van der Waals surface area contributed by atoms with E-state index in [1.165, 1.54) is 4.90 Å². The van der Waals surface area contributed by atoms with E-state index in [-0.39, 0.29) is 12.5 Å². The number of benzene rings is 2. The first-order chi connectivity index (χ1) is 17.2. The number of rotatable bonds is 3. The summed E-state index contributed by atoms with van der Waals surface area (Å²) in [7, 11) is 3.18. The molecule has 1 aromatic heterocycles. The van der Waals surface area contributed by atoms with Crippen LogP contribution in [0.1, 0.15) is 44.2 Å². The number of hydrogen-bond acceptors (Lipinski definition) is 7. The van der Waals surface area contributed by atoms with Gasteiger partial charge in [-0.05, 0) is 62.2 Å². The number of imide groups is 1. The molecule has 2 aliphatic heterocycles. The number of carbonyl (C=O) groups excluding carboxylic acids is 2. The van der Waals surface area contributed by atoms with Crippen LogP contribution >= 0.6 is 0 Å². The number of pyridine rings is 1. The van der Waals surface area contributed by atoms with Crippen molar-refractivity contribution in [3.05, 3.63) is 71.1 Å². The van der Waals surface area contributed by atoms with Crippen LogP contribution in [0.4, 0.5) is 10.5 Å². The maximum Gasteiger partial charge on any atom is 0.417 e. The van der Waals surface area contributed by atoms with Gasteiger partial charge in [0.1, 0.15) is 17.1 Å². The van der Waals surface area contributed by atoms with Crippen LogP contribution in [0.25, 0.3) is 10.9 Å². The topological polar surface area (TPSA) is 90.0 Å². The van der Waals surface area contributed by atoms with Gasteiger partial charge in [-0.2, -0.15) is 0 Å². The molecule has 1 N–H and O–H groups in total. The number of aromatic nitrogens is 1. The van der Waals surface area contributed by atoms with Crippen molar-refractivity contribution in [1.82, 2.24) is 9.88 Å². The van der Waals surface area contributed by atoms with Crippen LogP contribution in [0.15, 0.2) is 59.9 Å². The van der Waals surface area contributed by atoms with Crippen LogP contribution in [-0.4, -0.2) is 48.2 Å². The van der Waals surface area contributed by atoms with Crippen LogP contribution in [-0.2, 0) is 9.53 Å². The van der Waals surface area contributed by atoms with Crippen molar-refractivity contribution in [2.24, 2.45) is 0 Å². The minimum absolute atomic E-state index is 0.234. The summed E-state index contributed by atoms with van der Waals surface area (Å²) in [5.74, 6) is 0.358. The largest absolute Gasteiger partial charge is 0.497 e. The summed E-state index contributed by atoms with van der Waals surface area (Å²) in [6, 6.07) is 13.4. The number of amides is 2. The molecule has 1 atom stereocenters. The molecular weight excluding hydrogens is 458 g/mol. The Hall–Kier alpha value is -4.07. The number of anilines is 1. The Balaban J connectivity index is 1.72. The molecule has 0 radical (unpaired) electrons. The normalized spacial score (nSPS) is 17.3. The summed E-state index contributed by atoms with van der Waals surface area (Å²) in [5, 5.41) is 4.40. The highest BCUT2D eigenvalue weighted by Gasteiger charge is 2.42. The fourth-order valence-electron chi connectivity index (χ4n) is 4.88. The molecule has 0 aliphatic carbocycles. The molecule has 0 saturated carbocycles. The van der Waals surface area contributed by atoms with Gasteiger partial charge >= 0.3 is 6.09 Å². The molecule has 2 amide bonds. The SMILES string of the molecule is COc1cc(OC)cc(C2C3=C(CCN(C(=O)OC(C)(C)C)C3=O)Nc3ccc4ncccc4c32)c1. The molecule has 1 unspecified atom stereocenters. The van der Waals surface area contributed by atoms with Crippen molar-refractivity contribution in [2.45, 2.75) is 38.7 Å². The number of nitrogens with one attached hydrogen (secondary N) is 1. The lowest BCUT2D eigenvalue weighted by Crippen LogP contribution is -2.47. The fraction of sp³-hybridized carbons (Fsp3) is 0.321. The van der Waals surface area contributed by atoms with Gasteiger partial charge in [-0.15, -0.1) is 0 Å². The maximum atomic E-state index is 14.0. The van der Waals surface area contributed by atoms with E-state index in [0.29, 0.717) is 23.5 Å². The third kappa shape index (κ3) is 4.12. The molecule has 3 heterocycles. The van der Waals surface area contributed by atoms with Gasteiger partial charge in [-0.25, -0.2) is 9.69 Å². The molecule has 8 nitrogen and oxygen atoms in total.